The Morgan fingerprint density at radius 1 is 1.10 bits per heavy atom. The Bertz CT molecular complexity index is 2400. The van der Waals surface area contributed by atoms with Crippen LogP contribution in [0.15, 0.2) is 65.9 Å². The van der Waals surface area contributed by atoms with Crippen molar-refractivity contribution < 1.29 is 58.0 Å². The highest BCUT2D eigenvalue weighted by atomic mass is 35.5. The Morgan fingerprint density at radius 2 is 1.74 bits per heavy atom. The number of carbonyl (C=O) groups is 2. The van der Waals surface area contributed by atoms with Crippen molar-refractivity contribution in [2.75, 3.05) is 17.1 Å². The quantitative estimate of drug-likeness (QED) is 0.0501. The van der Waals surface area contributed by atoms with Crippen LogP contribution in [0, 0.1) is 23.0 Å². The standard InChI is InChI=1S/C39H36ClF10N7O3S/c1-5-7-30(59)57(61(4)60)36-31-27(40)11-10-25(33(31)56(55-36)18-37(43,44)45)24-9-8-23(6-2)53-32(24)28(15-20-13-21(41)16-22(42)14-20)54-29(58)17-52-35-26(34(51)39(48,49)50)12-19(3)38(35,46)47/h5,7-11,13-14,16,19,28,51-52H,6,12,15,17-18H2,1-4H3,(H,54,58)/b7-5+,51-34?/t19-,28?,61?/m1/s1. The molecule has 61 heavy (non-hydrogen) atoms. The zero-order valence-electron chi connectivity index (χ0n) is 32.5. The minimum atomic E-state index is -5.29. The largest absolute Gasteiger partial charge is 0.593 e. The molecule has 4 aromatic rings. The molecule has 1 aliphatic carbocycles. The summed E-state index contributed by atoms with van der Waals surface area (Å²) in [5.74, 6) is -10.2. The number of halogens is 11. The van der Waals surface area contributed by atoms with Crippen LogP contribution in [0.5, 0.6) is 0 Å². The molecule has 0 spiro atoms. The smallest absolute Gasteiger partial charge is 0.433 e. The molecule has 0 saturated carbocycles. The van der Waals surface area contributed by atoms with E-state index < -0.39 is 114 Å². The van der Waals surface area contributed by atoms with Crippen molar-refractivity contribution in [2.45, 2.75) is 70.9 Å². The summed E-state index contributed by atoms with van der Waals surface area (Å²) in [6, 6.07) is 6.34. The summed E-state index contributed by atoms with van der Waals surface area (Å²) in [4.78, 5) is 31.5. The fourth-order valence-electron chi connectivity index (χ4n) is 6.88. The molecule has 0 bridgehead atoms. The van der Waals surface area contributed by atoms with Crippen LogP contribution in [0.3, 0.4) is 0 Å². The highest BCUT2D eigenvalue weighted by Crippen LogP contribution is 2.46. The number of aromatic nitrogens is 3. The number of anilines is 1. The Morgan fingerprint density at radius 3 is 2.31 bits per heavy atom. The molecule has 5 rings (SSSR count). The molecule has 328 valence electrons. The summed E-state index contributed by atoms with van der Waals surface area (Å²) in [6.45, 7) is 1.27. The summed E-state index contributed by atoms with van der Waals surface area (Å²) < 4.78 is 157. The van der Waals surface area contributed by atoms with Crippen molar-refractivity contribution in [3.05, 3.63) is 99.5 Å². The molecule has 2 heterocycles. The molecule has 22 heteroatoms. The lowest BCUT2D eigenvalue weighted by molar-refractivity contribution is -0.141. The van der Waals surface area contributed by atoms with Gasteiger partial charge in [0.1, 0.15) is 30.1 Å². The number of fused-ring (bicyclic) bond motifs is 1. The van der Waals surface area contributed by atoms with Gasteiger partial charge in [-0.25, -0.2) is 8.78 Å². The number of hydrogen-bond donors (Lipinski definition) is 3. The van der Waals surface area contributed by atoms with Crippen LogP contribution in [0.2, 0.25) is 5.02 Å². The predicted molar refractivity (Wildman–Crippen MR) is 208 cm³/mol. The molecule has 2 unspecified atom stereocenters. The number of benzene rings is 2. The van der Waals surface area contributed by atoms with E-state index in [1.54, 1.807) is 6.92 Å². The van der Waals surface area contributed by atoms with Gasteiger partial charge in [0.2, 0.25) is 11.7 Å². The number of nitrogens with one attached hydrogen (secondary N) is 3. The zero-order chi connectivity index (χ0) is 45.4. The van der Waals surface area contributed by atoms with Gasteiger partial charge in [-0.3, -0.25) is 24.7 Å². The summed E-state index contributed by atoms with van der Waals surface area (Å²) in [5, 5.41) is 15.7. The van der Waals surface area contributed by atoms with E-state index in [-0.39, 0.29) is 44.7 Å². The average molecular weight is 908 g/mol. The van der Waals surface area contributed by atoms with Crippen molar-refractivity contribution >= 4 is 57.2 Å². The third-order valence-electron chi connectivity index (χ3n) is 9.55. The molecule has 2 aromatic heterocycles. The van der Waals surface area contributed by atoms with Crippen LogP contribution < -0.4 is 14.9 Å². The Balaban J connectivity index is 1.71. The fourth-order valence-corrected chi connectivity index (χ4v) is 7.80. The van der Waals surface area contributed by atoms with Crippen LogP contribution in [-0.4, -0.2) is 67.9 Å². The summed E-state index contributed by atoms with van der Waals surface area (Å²) >= 11 is 4.38. The third kappa shape index (κ3) is 10.3. The van der Waals surface area contributed by atoms with E-state index in [1.165, 1.54) is 37.3 Å². The monoisotopic (exact) mass is 907 g/mol. The molecule has 3 atom stereocenters. The topological polar surface area (TPSA) is 139 Å². The molecule has 0 fully saturated rings. The molecule has 2 aromatic carbocycles. The van der Waals surface area contributed by atoms with Crippen molar-refractivity contribution in [3.63, 3.8) is 0 Å². The lowest BCUT2D eigenvalue weighted by Crippen LogP contribution is -2.41. The normalized spacial score (nSPS) is 16.6. The van der Waals surface area contributed by atoms with E-state index >= 15 is 8.78 Å². The maximum Gasteiger partial charge on any atom is 0.433 e. The summed E-state index contributed by atoms with van der Waals surface area (Å²) in [6.07, 6.45) is -7.93. The van der Waals surface area contributed by atoms with Crippen molar-refractivity contribution in [1.82, 2.24) is 25.4 Å². The van der Waals surface area contributed by atoms with Crippen LogP contribution in [-0.2, 0) is 40.3 Å². The molecule has 0 saturated heterocycles. The van der Waals surface area contributed by atoms with E-state index in [9.17, 15) is 49.3 Å². The van der Waals surface area contributed by atoms with E-state index in [0.717, 1.165) is 31.4 Å². The SMILES string of the molecule is C/C=C/C(=O)N(c1nn(CC(F)(F)F)c2c(-c3ccc(CC)nc3C(Cc3cc(F)cc(F)c3)NC(=O)CNC3=C(C(=N)C(F)(F)F)C[C@@H](C)C3(F)F)ccc(Cl)c12)[S+](C)[O-]. The van der Waals surface area contributed by atoms with Gasteiger partial charge in [0.15, 0.2) is 0 Å². The van der Waals surface area contributed by atoms with Gasteiger partial charge < -0.3 is 15.2 Å². The van der Waals surface area contributed by atoms with Gasteiger partial charge in [0, 0.05) is 40.5 Å². The molecular formula is C39H36ClF10N7O3S. The third-order valence-corrected chi connectivity index (χ3v) is 10.7. The predicted octanol–water partition coefficient (Wildman–Crippen LogP) is 8.86. The van der Waals surface area contributed by atoms with Crippen molar-refractivity contribution in [2.24, 2.45) is 5.92 Å². The molecule has 3 N–H and O–H groups in total. The number of carbonyl (C=O) groups excluding carboxylic acids is 2. The van der Waals surface area contributed by atoms with Crippen molar-refractivity contribution in [1.29, 1.82) is 5.41 Å². The van der Waals surface area contributed by atoms with Crippen LogP contribution >= 0.6 is 11.6 Å². The first-order valence-corrected chi connectivity index (χ1v) is 20.1. The second-order valence-electron chi connectivity index (χ2n) is 14.0. The van der Waals surface area contributed by atoms with E-state index in [0.29, 0.717) is 20.7 Å². The summed E-state index contributed by atoms with van der Waals surface area (Å²) in [7, 11) is 0. The molecule has 2 amide bonds. The van der Waals surface area contributed by atoms with Gasteiger partial charge in [0.05, 0.1) is 51.3 Å². The van der Waals surface area contributed by atoms with Gasteiger partial charge in [-0.1, -0.05) is 43.7 Å². The van der Waals surface area contributed by atoms with Gasteiger partial charge >= 0.3 is 12.4 Å². The second-order valence-corrected chi connectivity index (χ2v) is 15.6. The molecular weight excluding hydrogens is 872 g/mol. The molecule has 10 nitrogen and oxygen atoms in total. The van der Waals surface area contributed by atoms with Gasteiger partial charge in [-0.15, -0.1) is 9.40 Å². The number of amides is 2. The number of nitrogens with zero attached hydrogens (tertiary/aromatic N) is 4. The lowest BCUT2D eigenvalue weighted by atomic mass is 9.93. The maximum absolute atomic E-state index is 15.2. The Labute approximate surface area is 349 Å². The van der Waals surface area contributed by atoms with E-state index in [4.69, 9.17) is 17.0 Å². The van der Waals surface area contributed by atoms with Crippen LogP contribution in [0.4, 0.5) is 49.7 Å². The minimum absolute atomic E-state index is 0.0207. The zero-order valence-corrected chi connectivity index (χ0v) is 34.0. The Hall–Kier alpha value is -5.15. The highest BCUT2D eigenvalue weighted by Gasteiger charge is 2.52. The average Bonchev–Trinajstić information content (AvgIpc) is 3.61. The van der Waals surface area contributed by atoms with Crippen LogP contribution in [0.1, 0.15) is 50.2 Å². The highest BCUT2D eigenvalue weighted by molar-refractivity contribution is 7.92. The van der Waals surface area contributed by atoms with E-state index in [1.807, 2.05) is 0 Å². The van der Waals surface area contributed by atoms with Gasteiger partial charge in [-0.05, 0) is 56.0 Å². The maximum atomic E-state index is 15.2. The molecule has 0 aliphatic heterocycles. The first-order chi connectivity index (χ1) is 28.4. The number of hydrogen-bond acceptors (Lipinski definition) is 7. The van der Waals surface area contributed by atoms with Crippen LogP contribution in [0.25, 0.3) is 22.0 Å². The van der Waals surface area contributed by atoms with E-state index in [2.05, 4.69) is 20.7 Å². The number of alkyl halides is 8. The fraction of sp³-hybridized carbons (Fsp3) is 0.359. The molecule has 0 radical (unpaired) electrons. The first kappa shape index (κ1) is 46.9. The first-order valence-electron chi connectivity index (χ1n) is 18.2. The second kappa shape index (κ2) is 18.1. The minimum Gasteiger partial charge on any atom is -0.593 e. The van der Waals surface area contributed by atoms with Gasteiger partial charge in [-0.2, -0.15) is 35.1 Å². The molecule has 1 aliphatic rings. The lowest BCUT2D eigenvalue weighted by Gasteiger charge is -2.24. The summed E-state index contributed by atoms with van der Waals surface area (Å²) in [5.41, 5.74) is -4.71. The number of aryl methyl sites for hydroxylation is 1. The Kier molecular flexibility index (Phi) is 13.9. The number of pyridine rings is 1. The number of rotatable bonds is 14. The van der Waals surface area contributed by atoms with Gasteiger partial charge in [0.25, 0.3) is 11.8 Å². The van der Waals surface area contributed by atoms with Crippen molar-refractivity contribution in [3.8, 4) is 11.1 Å². The number of allylic oxidation sites excluding steroid dienone is 3.